The molecule has 18 heavy (non-hydrogen) atoms. The number of halogens is 3. The molecular weight excluding hydrogens is 245 g/mol. The molecule has 0 saturated heterocycles. The van der Waals surface area contributed by atoms with Crippen molar-refractivity contribution >= 4 is 0 Å². The van der Waals surface area contributed by atoms with Gasteiger partial charge in [-0.25, -0.2) is 0 Å². The molecule has 0 amide bonds. The number of hydrogen-bond donors (Lipinski definition) is 1. The van der Waals surface area contributed by atoms with Gasteiger partial charge in [-0.1, -0.05) is 0 Å². The molecule has 0 atom stereocenters. The summed E-state index contributed by atoms with van der Waals surface area (Å²) in [5, 5.41) is 3.15. The van der Waals surface area contributed by atoms with Gasteiger partial charge in [-0.3, -0.25) is 4.90 Å². The Hall–Kier alpha value is -0.330. The molecule has 1 saturated carbocycles. The Bertz CT molecular complexity index is 220. The molecule has 1 rings (SSSR count). The first kappa shape index (κ1) is 15.7. The van der Waals surface area contributed by atoms with Crippen LogP contribution in [0.15, 0.2) is 0 Å². The largest absolute Gasteiger partial charge is 0.401 e. The normalized spacial score (nSPS) is 16.5. The lowest BCUT2D eigenvalue weighted by Gasteiger charge is -2.23. The zero-order chi connectivity index (χ0) is 13.4. The molecule has 0 aromatic rings. The fourth-order valence-electron chi connectivity index (χ4n) is 1.85. The van der Waals surface area contributed by atoms with Crippen molar-refractivity contribution in [3.63, 3.8) is 0 Å². The van der Waals surface area contributed by atoms with Gasteiger partial charge < -0.3 is 10.1 Å². The van der Waals surface area contributed by atoms with E-state index in [-0.39, 0.29) is 6.04 Å². The highest BCUT2D eigenvalue weighted by Gasteiger charge is 2.37. The zero-order valence-corrected chi connectivity index (χ0v) is 10.9. The molecule has 0 aromatic heterocycles. The summed E-state index contributed by atoms with van der Waals surface area (Å²) in [5.74, 6) is 0. The van der Waals surface area contributed by atoms with Crippen molar-refractivity contribution < 1.29 is 17.9 Å². The van der Waals surface area contributed by atoms with Crippen molar-refractivity contribution in [1.29, 1.82) is 0 Å². The molecule has 1 aliphatic rings. The molecule has 108 valence electrons. The van der Waals surface area contributed by atoms with Gasteiger partial charge >= 0.3 is 6.18 Å². The minimum Gasteiger partial charge on any atom is -0.382 e. The number of nitrogens with one attached hydrogen (secondary N) is 1. The van der Waals surface area contributed by atoms with Gasteiger partial charge in [0.2, 0.25) is 0 Å². The monoisotopic (exact) mass is 268 g/mol. The van der Waals surface area contributed by atoms with Crippen LogP contribution in [-0.4, -0.2) is 56.5 Å². The highest BCUT2D eigenvalue weighted by molar-refractivity contribution is 4.85. The van der Waals surface area contributed by atoms with Gasteiger partial charge in [0.1, 0.15) is 0 Å². The van der Waals surface area contributed by atoms with Crippen LogP contribution < -0.4 is 5.32 Å². The van der Waals surface area contributed by atoms with Crippen molar-refractivity contribution in [3.05, 3.63) is 0 Å². The van der Waals surface area contributed by atoms with E-state index < -0.39 is 12.7 Å². The summed E-state index contributed by atoms with van der Waals surface area (Å²) < 4.78 is 42.2. The third-order valence-electron chi connectivity index (χ3n) is 2.87. The average molecular weight is 268 g/mol. The van der Waals surface area contributed by atoms with E-state index in [1.807, 2.05) is 6.92 Å². The minimum absolute atomic E-state index is 0.150. The van der Waals surface area contributed by atoms with E-state index in [0.29, 0.717) is 26.3 Å². The molecule has 3 nitrogen and oxygen atoms in total. The van der Waals surface area contributed by atoms with Crippen molar-refractivity contribution in [2.24, 2.45) is 0 Å². The first-order chi connectivity index (χ1) is 8.53. The molecule has 0 aromatic carbocycles. The van der Waals surface area contributed by atoms with Crippen LogP contribution >= 0.6 is 0 Å². The van der Waals surface area contributed by atoms with Gasteiger partial charge in [-0.05, 0) is 32.7 Å². The predicted molar refractivity (Wildman–Crippen MR) is 64.6 cm³/mol. The fourth-order valence-corrected chi connectivity index (χ4v) is 1.85. The predicted octanol–water partition coefficient (Wildman–Crippen LogP) is 2.03. The molecule has 6 heteroatoms. The second-order valence-corrected chi connectivity index (χ2v) is 4.62. The number of hydrogen-bond acceptors (Lipinski definition) is 3. The van der Waals surface area contributed by atoms with E-state index in [1.54, 1.807) is 0 Å². The number of ether oxygens (including phenoxy) is 1. The SMILES string of the molecule is CCOCCCNCCN(CC(F)(F)F)C1CC1. The Morgan fingerprint density at radius 1 is 1.28 bits per heavy atom. The van der Waals surface area contributed by atoms with Crippen LogP contribution in [0.3, 0.4) is 0 Å². The van der Waals surface area contributed by atoms with Gasteiger partial charge in [0.15, 0.2) is 0 Å². The Balaban J connectivity index is 2.04. The summed E-state index contributed by atoms with van der Waals surface area (Å²) in [6.45, 7) is 4.46. The van der Waals surface area contributed by atoms with E-state index in [2.05, 4.69) is 5.32 Å². The molecule has 0 bridgehead atoms. The smallest absolute Gasteiger partial charge is 0.382 e. The molecule has 0 heterocycles. The van der Waals surface area contributed by atoms with Gasteiger partial charge in [-0.15, -0.1) is 0 Å². The first-order valence-corrected chi connectivity index (χ1v) is 6.62. The van der Waals surface area contributed by atoms with Crippen LogP contribution in [0.4, 0.5) is 13.2 Å². The molecule has 0 radical (unpaired) electrons. The summed E-state index contributed by atoms with van der Waals surface area (Å²) in [6, 6.07) is 0.150. The summed E-state index contributed by atoms with van der Waals surface area (Å²) in [5.41, 5.74) is 0. The summed E-state index contributed by atoms with van der Waals surface area (Å²) >= 11 is 0. The van der Waals surface area contributed by atoms with Gasteiger partial charge in [0.05, 0.1) is 6.54 Å². The Labute approximate surface area is 107 Å². The van der Waals surface area contributed by atoms with Gasteiger partial charge in [-0.2, -0.15) is 13.2 Å². The van der Waals surface area contributed by atoms with Crippen LogP contribution in [0, 0.1) is 0 Å². The van der Waals surface area contributed by atoms with Crippen LogP contribution in [-0.2, 0) is 4.74 Å². The maximum Gasteiger partial charge on any atom is 0.401 e. The van der Waals surface area contributed by atoms with Crippen molar-refractivity contribution in [3.8, 4) is 0 Å². The second kappa shape index (κ2) is 7.96. The maximum absolute atomic E-state index is 12.3. The number of nitrogens with zero attached hydrogens (tertiary/aromatic N) is 1. The van der Waals surface area contributed by atoms with E-state index in [9.17, 15) is 13.2 Å². The molecule has 0 aliphatic heterocycles. The number of alkyl halides is 3. The van der Waals surface area contributed by atoms with Gasteiger partial charge in [0.25, 0.3) is 0 Å². The molecular formula is C12H23F3N2O. The molecule has 0 spiro atoms. The standard InChI is InChI=1S/C12H23F3N2O/c1-2-18-9-3-6-16-7-8-17(11-4-5-11)10-12(13,14)15/h11,16H,2-10H2,1H3. The molecule has 0 unspecified atom stereocenters. The Kier molecular flexibility index (Phi) is 6.96. The van der Waals surface area contributed by atoms with Crippen molar-refractivity contribution in [2.45, 2.75) is 38.4 Å². The van der Waals surface area contributed by atoms with Crippen LogP contribution in [0.1, 0.15) is 26.2 Å². The van der Waals surface area contributed by atoms with Crippen molar-refractivity contribution in [1.82, 2.24) is 10.2 Å². The number of rotatable bonds is 10. The summed E-state index contributed by atoms with van der Waals surface area (Å²) in [7, 11) is 0. The lowest BCUT2D eigenvalue weighted by Crippen LogP contribution is -2.40. The average Bonchev–Trinajstić information content (AvgIpc) is 3.08. The molecule has 1 fully saturated rings. The Morgan fingerprint density at radius 3 is 2.56 bits per heavy atom. The first-order valence-electron chi connectivity index (χ1n) is 6.62. The quantitative estimate of drug-likeness (QED) is 0.614. The lowest BCUT2D eigenvalue weighted by molar-refractivity contribution is -0.147. The third kappa shape index (κ3) is 7.89. The van der Waals surface area contributed by atoms with Crippen LogP contribution in [0.25, 0.3) is 0 Å². The summed E-state index contributed by atoms with van der Waals surface area (Å²) in [6.07, 6.45) is -1.38. The highest BCUT2D eigenvalue weighted by Crippen LogP contribution is 2.29. The lowest BCUT2D eigenvalue weighted by atomic mass is 10.4. The molecule has 1 N–H and O–H groups in total. The minimum atomic E-state index is -4.09. The van der Waals surface area contributed by atoms with E-state index >= 15 is 0 Å². The van der Waals surface area contributed by atoms with Crippen LogP contribution in [0.2, 0.25) is 0 Å². The Morgan fingerprint density at radius 2 is 2.00 bits per heavy atom. The maximum atomic E-state index is 12.3. The van der Waals surface area contributed by atoms with E-state index in [4.69, 9.17) is 4.74 Å². The third-order valence-corrected chi connectivity index (χ3v) is 2.87. The van der Waals surface area contributed by atoms with Crippen LogP contribution in [0.5, 0.6) is 0 Å². The topological polar surface area (TPSA) is 24.5 Å². The van der Waals surface area contributed by atoms with Gasteiger partial charge in [0, 0.05) is 32.3 Å². The summed E-state index contributed by atoms with van der Waals surface area (Å²) in [4.78, 5) is 1.54. The molecule has 1 aliphatic carbocycles. The zero-order valence-electron chi connectivity index (χ0n) is 10.9. The van der Waals surface area contributed by atoms with Crippen molar-refractivity contribution in [2.75, 3.05) is 39.4 Å². The van der Waals surface area contributed by atoms with E-state index in [0.717, 1.165) is 25.8 Å². The second-order valence-electron chi connectivity index (χ2n) is 4.62. The van der Waals surface area contributed by atoms with E-state index in [1.165, 1.54) is 4.90 Å². The fraction of sp³-hybridized carbons (Fsp3) is 1.00. The highest BCUT2D eigenvalue weighted by atomic mass is 19.4.